The number of rotatable bonds is 4. The Balaban J connectivity index is 2.17. The van der Waals surface area contributed by atoms with Gasteiger partial charge < -0.3 is 0 Å². The molecule has 1 aromatic carbocycles. The first-order chi connectivity index (χ1) is 8.61. The molecule has 0 saturated carbocycles. The minimum atomic E-state index is 0.0841. The molecule has 0 aliphatic rings. The Hall–Kier alpha value is -1.33. The standard InChI is InChI=1S/C13H14N2OS2/c1-9-8-18-13(14)15(9)7-12(16)10-3-5-11(17-2)6-4-10/h3-6,8,14H,7H2,1-2H3/p+1. The van der Waals surface area contributed by atoms with E-state index in [-0.39, 0.29) is 5.78 Å². The molecule has 0 aliphatic heterocycles. The van der Waals surface area contributed by atoms with Crippen molar-refractivity contribution in [3.8, 4) is 0 Å². The molecule has 0 aliphatic carbocycles. The first kappa shape index (κ1) is 13.1. The first-order valence-electron chi connectivity index (χ1n) is 5.52. The molecule has 2 rings (SSSR count). The van der Waals surface area contributed by atoms with Gasteiger partial charge in [0.2, 0.25) is 5.78 Å². The van der Waals surface area contributed by atoms with Gasteiger partial charge in [-0.1, -0.05) is 23.5 Å². The first-order valence-corrected chi connectivity index (χ1v) is 7.63. The number of nitrogens with zero attached hydrogens (tertiary/aromatic N) is 1. The third-order valence-corrected chi connectivity index (χ3v) is 4.42. The summed E-state index contributed by atoms with van der Waals surface area (Å²) in [6.45, 7) is 2.26. The lowest BCUT2D eigenvalue weighted by molar-refractivity contribution is -0.670. The Morgan fingerprint density at radius 2 is 2.06 bits per heavy atom. The summed E-state index contributed by atoms with van der Waals surface area (Å²) in [6.07, 6.45) is 2.02. The van der Waals surface area contributed by atoms with Crippen molar-refractivity contribution in [3.05, 3.63) is 40.9 Å². The monoisotopic (exact) mass is 279 g/mol. The van der Waals surface area contributed by atoms with Crippen LogP contribution >= 0.6 is 23.1 Å². The van der Waals surface area contributed by atoms with Crippen LogP contribution < -0.4 is 10.3 Å². The van der Waals surface area contributed by atoms with Gasteiger partial charge in [-0.3, -0.25) is 10.5 Å². The van der Waals surface area contributed by atoms with E-state index in [0.717, 1.165) is 16.2 Å². The van der Waals surface area contributed by atoms with E-state index in [4.69, 9.17) is 5.73 Å². The molecule has 0 atom stereocenters. The van der Waals surface area contributed by atoms with Crippen LogP contribution in [0, 0.1) is 6.92 Å². The summed E-state index contributed by atoms with van der Waals surface area (Å²) in [5.41, 5.74) is 7.59. The van der Waals surface area contributed by atoms with E-state index in [0.29, 0.717) is 11.7 Å². The number of carbonyl (C=O) groups excluding carboxylic acids is 1. The van der Waals surface area contributed by atoms with Gasteiger partial charge in [0.05, 0.1) is 0 Å². The number of aryl methyl sites for hydroxylation is 1. The number of carbonyl (C=O) groups is 1. The predicted octanol–water partition coefficient (Wildman–Crippen LogP) is 2.53. The lowest BCUT2D eigenvalue weighted by Gasteiger charge is -2.02. The zero-order valence-electron chi connectivity index (χ0n) is 10.3. The molecule has 0 spiro atoms. The Labute approximate surface area is 115 Å². The van der Waals surface area contributed by atoms with E-state index in [9.17, 15) is 4.79 Å². The number of thiazole rings is 1. The second kappa shape index (κ2) is 5.54. The van der Waals surface area contributed by atoms with Gasteiger partial charge in [-0.15, -0.1) is 11.8 Å². The molecule has 0 saturated heterocycles. The summed E-state index contributed by atoms with van der Waals surface area (Å²) in [7, 11) is 0. The average Bonchev–Trinajstić information content (AvgIpc) is 2.70. The minimum Gasteiger partial charge on any atom is -0.290 e. The number of Topliss-reactive ketones (excluding diaryl/α,β-unsaturated/α-hetero) is 1. The van der Waals surface area contributed by atoms with Crippen LogP contribution in [0.2, 0.25) is 0 Å². The number of nitrogen functional groups attached to an aromatic ring is 1. The van der Waals surface area contributed by atoms with Gasteiger partial charge in [0, 0.05) is 15.8 Å². The third kappa shape index (κ3) is 2.73. The van der Waals surface area contributed by atoms with Crippen molar-refractivity contribution in [2.24, 2.45) is 0 Å². The molecule has 2 N–H and O–H groups in total. The van der Waals surface area contributed by atoms with Gasteiger partial charge in [0.25, 0.3) is 0 Å². The van der Waals surface area contributed by atoms with Crippen molar-refractivity contribution >= 4 is 34.0 Å². The lowest BCUT2D eigenvalue weighted by Crippen LogP contribution is -2.41. The molecular weight excluding hydrogens is 264 g/mol. The van der Waals surface area contributed by atoms with Crippen molar-refractivity contribution in [3.63, 3.8) is 0 Å². The van der Waals surface area contributed by atoms with Crippen LogP contribution in [0.5, 0.6) is 0 Å². The van der Waals surface area contributed by atoms with Crippen LogP contribution in [-0.4, -0.2) is 12.0 Å². The maximum absolute atomic E-state index is 12.1. The maximum atomic E-state index is 12.1. The van der Waals surface area contributed by atoms with Gasteiger partial charge in [-0.25, -0.2) is 4.57 Å². The number of nitrogens with two attached hydrogens (primary N) is 1. The van der Waals surface area contributed by atoms with E-state index in [1.54, 1.807) is 11.8 Å². The van der Waals surface area contributed by atoms with Crippen molar-refractivity contribution in [2.75, 3.05) is 12.0 Å². The number of hydrogen-bond acceptors (Lipinski definition) is 4. The van der Waals surface area contributed by atoms with Crippen LogP contribution in [0.25, 0.3) is 0 Å². The predicted molar refractivity (Wildman–Crippen MR) is 76.2 cm³/mol. The summed E-state index contributed by atoms with van der Waals surface area (Å²) in [5, 5.41) is 2.63. The van der Waals surface area contributed by atoms with Crippen LogP contribution in [0.15, 0.2) is 34.5 Å². The number of aromatic nitrogens is 1. The summed E-state index contributed by atoms with van der Waals surface area (Å²) in [4.78, 5) is 13.3. The van der Waals surface area contributed by atoms with Gasteiger partial charge >= 0.3 is 5.13 Å². The zero-order valence-corrected chi connectivity index (χ0v) is 12.0. The molecule has 94 valence electrons. The Kier molecular flexibility index (Phi) is 4.04. The number of anilines is 1. The highest BCUT2D eigenvalue weighted by atomic mass is 32.2. The quantitative estimate of drug-likeness (QED) is 0.531. The molecule has 1 heterocycles. The summed E-state index contributed by atoms with van der Waals surface area (Å²) in [6, 6.07) is 7.66. The number of benzene rings is 1. The van der Waals surface area contributed by atoms with Gasteiger partial charge in [0.1, 0.15) is 5.69 Å². The highest BCUT2D eigenvalue weighted by molar-refractivity contribution is 7.98. The second-order valence-electron chi connectivity index (χ2n) is 3.95. The van der Waals surface area contributed by atoms with Crippen LogP contribution in [-0.2, 0) is 6.54 Å². The molecule has 0 radical (unpaired) electrons. The molecule has 18 heavy (non-hydrogen) atoms. The molecule has 0 unspecified atom stereocenters. The molecule has 2 aromatic rings. The lowest BCUT2D eigenvalue weighted by atomic mass is 10.1. The SMILES string of the molecule is CSc1ccc(C(=O)C[n+]2c(C)csc2N)cc1. The topological polar surface area (TPSA) is 47.0 Å². The molecule has 0 bridgehead atoms. The van der Waals surface area contributed by atoms with Gasteiger partial charge in [-0.2, -0.15) is 0 Å². The van der Waals surface area contributed by atoms with Crippen LogP contribution in [0.4, 0.5) is 5.13 Å². The Bertz CT molecular complexity index is 541. The fourth-order valence-corrected chi connectivity index (χ4v) is 2.82. The van der Waals surface area contributed by atoms with E-state index >= 15 is 0 Å². The largest absolute Gasteiger partial charge is 0.332 e. The zero-order chi connectivity index (χ0) is 13.1. The molecular formula is C13H15N2OS2+. The van der Waals surface area contributed by atoms with E-state index in [1.165, 1.54) is 11.3 Å². The molecule has 1 aromatic heterocycles. The van der Waals surface area contributed by atoms with E-state index in [2.05, 4.69) is 0 Å². The minimum absolute atomic E-state index is 0.0841. The van der Waals surface area contributed by atoms with Gasteiger partial charge in [-0.05, 0) is 25.3 Å². The van der Waals surface area contributed by atoms with Crippen molar-refractivity contribution in [1.29, 1.82) is 0 Å². The highest BCUT2D eigenvalue weighted by Gasteiger charge is 2.16. The van der Waals surface area contributed by atoms with E-state index < -0.39 is 0 Å². The number of ketones is 1. The Morgan fingerprint density at radius 1 is 1.39 bits per heavy atom. The van der Waals surface area contributed by atoms with Crippen LogP contribution in [0.3, 0.4) is 0 Å². The maximum Gasteiger partial charge on any atom is 0.332 e. The molecule has 5 heteroatoms. The van der Waals surface area contributed by atoms with Gasteiger partial charge in [0.15, 0.2) is 6.54 Å². The third-order valence-electron chi connectivity index (χ3n) is 2.76. The molecule has 0 fully saturated rings. The number of hydrogen-bond donors (Lipinski definition) is 1. The van der Waals surface area contributed by atoms with Crippen molar-refractivity contribution in [1.82, 2.24) is 0 Å². The number of thioether (sulfide) groups is 1. The van der Waals surface area contributed by atoms with Crippen molar-refractivity contribution in [2.45, 2.75) is 18.4 Å². The smallest absolute Gasteiger partial charge is 0.290 e. The van der Waals surface area contributed by atoms with Crippen LogP contribution in [0.1, 0.15) is 16.1 Å². The van der Waals surface area contributed by atoms with E-state index in [1.807, 2.05) is 47.4 Å². The summed E-state index contributed by atoms with van der Waals surface area (Å²) in [5.74, 6) is 0.0841. The summed E-state index contributed by atoms with van der Waals surface area (Å²) < 4.78 is 1.84. The Morgan fingerprint density at radius 3 is 2.56 bits per heavy atom. The highest BCUT2D eigenvalue weighted by Crippen LogP contribution is 2.15. The molecule has 3 nitrogen and oxygen atoms in total. The summed E-state index contributed by atoms with van der Waals surface area (Å²) >= 11 is 3.12. The fraction of sp³-hybridized carbons (Fsp3) is 0.231. The second-order valence-corrected chi connectivity index (χ2v) is 5.72. The average molecular weight is 279 g/mol. The molecule has 0 amide bonds. The normalized spacial score (nSPS) is 10.6. The van der Waals surface area contributed by atoms with Crippen molar-refractivity contribution < 1.29 is 9.36 Å². The fourth-order valence-electron chi connectivity index (χ4n) is 1.66.